The normalized spacial score (nSPS) is 14.8. The average molecular weight is 340 g/mol. The molecular formula is C18H17FN4O2. The highest BCUT2D eigenvalue weighted by atomic mass is 19.1. The minimum absolute atomic E-state index is 0.171. The predicted molar refractivity (Wildman–Crippen MR) is 93.9 cm³/mol. The highest BCUT2D eigenvalue weighted by Gasteiger charge is 2.28. The Hall–Kier alpha value is -3.22. The Balaban J connectivity index is 2.04. The summed E-state index contributed by atoms with van der Waals surface area (Å²) < 4.78 is 14.4. The van der Waals surface area contributed by atoms with Crippen molar-refractivity contribution in [2.45, 2.75) is 13.8 Å². The van der Waals surface area contributed by atoms with E-state index in [4.69, 9.17) is 0 Å². The number of carbonyl (C=O) groups excluding carboxylic acids is 2. The van der Waals surface area contributed by atoms with Gasteiger partial charge in [0.2, 0.25) is 5.91 Å². The van der Waals surface area contributed by atoms with Crippen LogP contribution in [0.3, 0.4) is 0 Å². The third-order valence-electron chi connectivity index (χ3n) is 3.86. The van der Waals surface area contributed by atoms with Gasteiger partial charge in [0, 0.05) is 36.0 Å². The number of fused-ring (bicyclic) bond motifs is 1. The second kappa shape index (κ2) is 6.72. The molecule has 0 saturated heterocycles. The molecule has 0 atom stereocenters. The van der Waals surface area contributed by atoms with Gasteiger partial charge in [-0.2, -0.15) is 0 Å². The van der Waals surface area contributed by atoms with Crippen LogP contribution in [0.1, 0.15) is 29.4 Å². The number of aryl methyl sites for hydroxylation is 1. The van der Waals surface area contributed by atoms with Gasteiger partial charge in [0.1, 0.15) is 5.82 Å². The van der Waals surface area contributed by atoms with Crippen LogP contribution in [0.4, 0.5) is 10.1 Å². The summed E-state index contributed by atoms with van der Waals surface area (Å²) in [6.45, 7) is 3.52. The van der Waals surface area contributed by atoms with Crippen LogP contribution in [-0.4, -0.2) is 28.3 Å². The number of carbonyl (C=O) groups is 2. The van der Waals surface area contributed by atoms with Crippen molar-refractivity contribution in [2.75, 3.05) is 11.9 Å². The minimum atomic E-state index is -0.445. The Kier molecular flexibility index (Phi) is 4.47. The fourth-order valence-electron chi connectivity index (χ4n) is 2.62. The Labute approximate surface area is 143 Å². The summed E-state index contributed by atoms with van der Waals surface area (Å²) in [5.41, 5.74) is 3.12. The van der Waals surface area contributed by atoms with Gasteiger partial charge < -0.3 is 15.6 Å². The third-order valence-corrected chi connectivity index (χ3v) is 3.86. The van der Waals surface area contributed by atoms with Gasteiger partial charge in [0.25, 0.3) is 5.91 Å². The minimum Gasteiger partial charge on any atom is -0.353 e. The lowest BCUT2D eigenvalue weighted by Crippen LogP contribution is -2.19. The Morgan fingerprint density at radius 2 is 2.20 bits per heavy atom. The maximum Gasteiger partial charge on any atom is 0.256 e. The molecule has 0 saturated carbocycles. The van der Waals surface area contributed by atoms with Crippen LogP contribution in [0.5, 0.6) is 0 Å². The number of amides is 2. The van der Waals surface area contributed by atoms with Crippen molar-refractivity contribution >= 4 is 35.2 Å². The zero-order valence-corrected chi connectivity index (χ0v) is 13.8. The summed E-state index contributed by atoms with van der Waals surface area (Å²) in [6, 6.07) is 2.84. The van der Waals surface area contributed by atoms with E-state index in [0.717, 1.165) is 5.69 Å². The highest BCUT2D eigenvalue weighted by molar-refractivity contribution is 6.35. The number of anilines is 1. The van der Waals surface area contributed by atoms with Gasteiger partial charge in [0.15, 0.2) is 0 Å². The van der Waals surface area contributed by atoms with Crippen molar-refractivity contribution in [1.29, 1.82) is 0 Å². The molecule has 0 fully saturated rings. The number of benzene rings is 1. The van der Waals surface area contributed by atoms with Gasteiger partial charge in [-0.15, -0.1) is 0 Å². The van der Waals surface area contributed by atoms with E-state index in [-0.39, 0.29) is 18.4 Å². The summed E-state index contributed by atoms with van der Waals surface area (Å²) in [5, 5.41) is 5.35. The van der Waals surface area contributed by atoms with Gasteiger partial charge in [0.05, 0.1) is 17.6 Å². The molecule has 1 aliphatic heterocycles. The summed E-state index contributed by atoms with van der Waals surface area (Å²) in [6.07, 6.45) is 6.38. The lowest BCUT2D eigenvalue weighted by atomic mass is 9.98. The van der Waals surface area contributed by atoms with Crippen LogP contribution in [0.15, 0.2) is 24.5 Å². The first-order chi connectivity index (χ1) is 12.0. The lowest BCUT2D eigenvalue weighted by molar-refractivity contribution is -0.118. The van der Waals surface area contributed by atoms with Crippen molar-refractivity contribution in [1.82, 2.24) is 15.3 Å². The van der Waals surface area contributed by atoms with E-state index in [0.29, 0.717) is 28.1 Å². The summed E-state index contributed by atoms with van der Waals surface area (Å²) in [7, 11) is 0. The first-order valence-corrected chi connectivity index (χ1v) is 7.74. The monoisotopic (exact) mass is 340 g/mol. The molecule has 0 bridgehead atoms. The van der Waals surface area contributed by atoms with Crippen molar-refractivity contribution in [3.63, 3.8) is 0 Å². The number of aromatic nitrogens is 2. The van der Waals surface area contributed by atoms with Crippen molar-refractivity contribution in [2.24, 2.45) is 0 Å². The predicted octanol–water partition coefficient (Wildman–Crippen LogP) is 2.50. The molecule has 2 heterocycles. The van der Waals surface area contributed by atoms with Gasteiger partial charge in [-0.3, -0.25) is 9.59 Å². The number of halogens is 1. The van der Waals surface area contributed by atoms with Gasteiger partial charge in [-0.05, 0) is 25.1 Å². The van der Waals surface area contributed by atoms with Crippen LogP contribution in [-0.2, 0) is 9.59 Å². The smallest absolute Gasteiger partial charge is 0.256 e. The summed E-state index contributed by atoms with van der Waals surface area (Å²) in [5.74, 6) is -0.923. The average Bonchev–Trinajstić information content (AvgIpc) is 3.10. The van der Waals surface area contributed by atoms with Gasteiger partial charge in [-0.25, -0.2) is 9.37 Å². The molecule has 3 N–H and O–H groups in total. The van der Waals surface area contributed by atoms with Crippen LogP contribution in [0, 0.1) is 12.7 Å². The first kappa shape index (κ1) is 16.6. The van der Waals surface area contributed by atoms with Crippen molar-refractivity contribution < 1.29 is 14.0 Å². The zero-order chi connectivity index (χ0) is 18.0. The van der Waals surface area contributed by atoms with E-state index >= 15 is 0 Å². The number of nitrogens with one attached hydrogen (secondary N) is 3. The Morgan fingerprint density at radius 3 is 2.88 bits per heavy atom. The lowest BCUT2D eigenvalue weighted by Gasteiger charge is -2.06. The van der Waals surface area contributed by atoms with E-state index in [1.54, 1.807) is 18.2 Å². The maximum atomic E-state index is 14.4. The molecular weight excluding hydrogens is 323 g/mol. The third kappa shape index (κ3) is 3.35. The number of hydrogen-bond donors (Lipinski definition) is 3. The van der Waals surface area contributed by atoms with Crippen LogP contribution >= 0.6 is 0 Å². The van der Waals surface area contributed by atoms with E-state index in [1.165, 1.54) is 25.4 Å². The molecule has 0 unspecified atom stereocenters. The fourth-order valence-corrected chi connectivity index (χ4v) is 2.62. The topological polar surface area (TPSA) is 86.9 Å². The summed E-state index contributed by atoms with van der Waals surface area (Å²) in [4.78, 5) is 30.4. The maximum absolute atomic E-state index is 14.4. The Bertz CT molecular complexity index is 912. The van der Waals surface area contributed by atoms with Crippen LogP contribution in [0.25, 0.3) is 17.7 Å². The molecule has 128 valence electrons. The van der Waals surface area contributed by atoms with Crippen molar-refractivity contribution in [3.8, 4) is 0 Å². The van der Waals surface area contributed by atoms with Crippen molar-refractivity contribution in [3.05, 3.63) is 52.9 Å². The number of aromatic amines is 1. The zero-order valence-electron chi connectivity index (χ0n) is 13.8. The molecule has 1 aromatic heterocycles. The van der Waals surface area contributed by atoms with E-state index in [9.17, 15) is 14.0 Å². The molecule has 0 aliphatic carbocycles. The van der Waals surface area contributed by atoms with Gasteiger partial charge >= 0.3 is 0 Å². The molecule has 0 radical (unpaired) electrons. The second-order valence-electron chi connectivity index (χ2n) is 5.65. The van der Waals surface area contributed by atoms with E-state index in [1.807, 2.05) is 6.92 Å². The van der Waals surface area contributed by atoms with Crippen LogP contribution in [0.2, 0.25) is 0 Å². The largest absolute Gasteiger partial charge is 0.353 e. The molecule has 6 nitrogen and oxygen atoms in total. The fraction of sp³-hybridized carbons (Fsp3) is 0.167. The molecule has 0 spiro atoms. The molecule has 2 amide bonds. The number of hydrogen-bond acceptors (Lipinski definition) is 3. The quantitative estimate of drug-likeness (QED) is 0.748. The first-order valence-electron chi connectivity index (χ1n) is 7.74. The molecule has 1 aliphatic rings. The Morgan fingerprint density at radius 1 is 1.40 bits per heavy atom. The highest BCUT2D eigenvalue weighted by Crippen LogP contribution is 2.37. The van der Waals surface area contributed by atoms with Gasteiger partial charge in [-0.1, -0.05) is 12.2 Å². The SMILES string of the molecule is CC(=O)NC/C=C/c1c(F)ccc2c1/C(=C/c1nc[nH]c1C)C(=O)N2. The van der Waals surface area contributed by atoms with Crippen LogP contribution < -0.4 is 10.6 Å². The standard InChI is InChI=1S/C18H17FN4O2/c1-10-16(22-9-21-10)8-13-17-12(4-3-7-20-11(2)24)14(19)5-6-15(17)23-18(13)25/h3-6,8-9H,7H2,1-2H3,(H,20,24)(H,21,22)(H,23,25)/b4-3+,13-8-. The molecule has 25 heavy (non-hydrogen) atoms. The molecule has 3 rings (SSSR count). The number of nitrogens with zero attached hydrogens (tertiary/aromatic N) is 1. The molecule has 1 aromatic carbocycles. The number of H-pyrrole nitrogens is 1. The molecule has 2 aromatic rings. The summed E-state index contributed by atoms with van der Waals surface area (Å²) >= 11 is 0. The number of rotatable bonds is 4. The second-order valence-corrected chi connectivity index (χ2v) is 5.65. The van der Waals surface area contributed by atoms with E-state index in [2.05, 4.69) is 20.6 Å². The number of imidazole rings is 1. The van der Waals surface area contributed by atoms with E-state index < -0.39 is 5.82 Å². The molecule has 7 heteroatoms.